The first-order valence-corrected chi connectivity index (χ1v) is 9.25. The molecule has 0 aliphatic carbocycles. The van der Waals surface area contributed by atoms with Crippen molar-refractivity contribution in [1.82, 2.24) is 21.3 Å². The van der Waals surface area contributed by atoms with Gasteiger partial charge in [0.1, 0.15) is 0 Å². The predicted molar refractivity (Wildman–Crippen MR) is 98.8 cm³/mol. The Labute approximate surface area is 146 Å². The number of amides is 2. The Kier molecular flexibility index (Phi) is 14.6. The van der Waals surface area contributed by atoms with Gasteiger partial charge < -0.3 is 27.0 Å². The topological polar surface area (TPSA) is 108 Å². The van der Waals surface area contributed by atoms with Crippen molar-refractivity contribution >= 4 is 11.8 Å². The number of carbonyl (C=O) groups excluding carboxylic acids is 2. The van der Waals surface area contributed by atoms with E-state index in [1.165, 1.54) is 0 Å². The molecule has 0 spiro atoms. The number of nitrogens with one attached hydrogen (secondary N) is 4. The van der Waals surface area contributed by atoms with E-state index in [-0.39, 0.29) is 23.9 Å². The molecule has 2 atom stereocenters. The van der Waals surface area contributed by atoms with Gasteiger partial charge in [0, 0.05) is 6.54 Å². The Morgan fingerprint density at radius 3 is 2.08 bits per heavy atom. The van der Waals surface area contributed by atoms with Gasteiger partial charge in [-0.2, -0.15) is 0 Å². The highest BCUT2D eigenvalue weighted by atomic mass is 16.2. The lowest BCUT2D eigenvalue weighted by Gasteiger charge is -2.18. The summed E-state index contributed by atoms with van der Waals surface area (Å²) in [7, 11) is 1.73. The van der Waals surface area contributed by atoms with Gasteiger partial charge in [0.25, 0.3) is 0 Å². The molecule has 0 fully saturated rings. The van der Waals surface area contributed by atoms with Crippen molar-refractivity contribution in [3.05, 3.63) is 0 Å². The Morgan fingerprint density at radius 1 is 0.917 bits per heavy atom. The van der Waals surface area contributed by atoms with Crippen LogP contribution in [-0.2, 0) is 9.59 Å². The monoisotopic (exact) mass is 343 g/mol. The smallest absolute Gasteiger partial charge is 0.237 e. The molecule has 2 amide bonds. The van der Waals surface area contributed by atoms with Crippen LogP contribution < -0.4 is 27.0 Å². The molecule has 7 heteroatoms. The van der Waals surface area contributed by atoms with E-state index in [1.54, 1.807) is 7.05 Å². The summed E-state index contributed by atoms with van der Waals surface area (Å²) in [6, 6.07) is -0.403. The van der Waals surface area contributed by atoms with Crippen molar-refractivity contribution in [3.8, 4) is 0 Å². The van der Waals surface area contributed by atoms with Gasteiger partial charge in [-0.25, -0.2) is 0 Å². The molecule has 0 saturated heterocycles. The van der Waals surface area contributed by atoms with E-state index >= 15 is 0 Å². The Bertz CT molecular complexity index is 339. The molecular weight excluding hydrogens is 306 g/mol. The van der Waals surface area contributed by atoms with Crippen molar-refractivity contribution in [3.63, 3.8) is 0 Å². The molecule has 0 radical (unpaired) electrons. The first-order chi connectivity index (χ1) is 11.6. The maximum absolute atomic E-state index is 12.2. The van der Waals surface area contributed by atoms with Gasteiger partial charge >= 0.3 is 0 Å². The van der Waals surface area contributed by atoms with Crippen LogP contribution in [0.2, 0.25) is 0 Å². The molecule has 0 aromatic rings. The van der Waals surface area contributed by atoms with Gasteiger partial charge in [-0.3, -0.25) is 9.59 Å². The zero-order valence-corrected chi connectivity index (χ0v) is 15.6. The summed E-state index contributed by atoms with van der Waals surface area (Å²) >= 11 is 0. The van der Waals surface area contributed by atoms with Crippen LogP contribution in [0.15, 0.2) is 0 Å². The normalized spacial score (nSPS) is 13.5. The molecule has 24 heavy (non-hydrogen) atoms. The molecule has 0 bridgehead atoms. The lowest BCUT2D eigenvalue weighted by Crippen LogP contribution is -2.44. The van der Waals surface area contributed by atoms with Gasteiger partial charge in [0.2, 0.25) is 11.8 Å². The van der Waals surface area contributed by atoms with Gasteiger partial charge in [-0.05, 0) is 58.8 Å². The lowest BCUT2D eigenvalue weighted by molar-refractivity contribution is -0.123. The molecule has 142 valence electrons. The second kappa shape index (κ2) is 15.4. The summed E-state index contributed by atoms with van der Waals surface area (Å²) in [6.07, 6.45) is 5.36. The van der Waals surface area contributed by atoms with E-state index in [4.69, 9.17) is 5.73 Å². The fourth-order valence-electron chi connectivity index (χ4n) is 2.58. The molecule has 6 N–H and O–H groups in total. The van der Waals surface area contributed by atoms with Crippen LogP contribution in [0.5, 0.6) is 0 Å². The Morgan fingerprint density at radius 2 is 1.54 bits per heavy atom. The maximum Gasteiger partial charge on any atom is 0.237 e. The summed E-state index contributed by atoms with van der Waals surface area (Å²) < 4.78 is 0. The molecule has 0 aromatic heterocycles. The molecule has 0 aliphatic heterocycles. The van der Waals surface area contributed by atoms with Crippen molar-refractivity contribution in [1.29, 1.82) is 0 Å². The number of hydrogen-bond donors (Lipinski definition) is 5. The minimum atomic E-state index is -0.327. The van der Waals surface area contributed by atoms with Crippen LogP contribution in [0.25, 0.3) is 0 Å². The molecule has 0 aromatic carbocycles. The number of primary amides is 1. The third kappa shape index (κ3) is 11.4. The molecular formula is C17H37N5O2. The van der Waals surface area contributed by atoms with Crippen molar-refractivity contribution < 1.29 is 9.59 Å². The maximum atomic E-state index is 12.2. The Balaban J connectivity index is 3.91. The standard InChI is InChI=1S/C17H37N5O2/c1-4-20-12-8-6-11-15(21-5-2)17(24)22-13-9-7-10-14(19-3)16(18)23/h14-15,19-21H,4-13H2,1-3H3,(H2,18,23)(H,22,24). The lowest BCUT2D eigenvalue weighted by atomic mass is 10.1. The number of rotatable bonds is 16. The van der Waals surface area contributed by atoms with Crippen LogP contribution in [0, 0.1) is 0 Å². The predicted octanol–water partition coefficient (Wildman–Crippen LogP) is 0.104. The summed E-state index contributed by atoms with van der Waals surface area (Å²) in [5, 5.41) is 12.4. The van der Waals surface area contributed by atoms with E-state index in [0.29, 0.717) is 13.0 Å². The highest BCUT2D eigenvalue weighted by Crippen LogP contribution is 2.03. The van der Waals surface area contributed by atoms with E-state index in [1.807, 2.05) is 6.92 Å². The quantitative estimate of drug-likeness (QED) is 0.256. The molecule has 0 heterocycles. The van der Waals surface area contributed by atoms with Crippen molar-refractivity contribution in [2.75, 3.05) is 33.2 Å². The number of carbonyl (C=O) groups is 2. The summed E-state index contributed by atoms with van der Waals surface area (Å²) in [5.41, 5.74) is 5.28. The first kappa shape index (κ1) is 22.8. The van der Waals surface area contributed by atoms with Gasteiger partial charge in [0.15, 0.2) is 0 Å². The van der Waals surface area contributed by atoms with Crippen LogP contribution in [0.1, 0.15) is 52.4 Å². The zero-order chi connectivity index (χ0) is 18.2. The molecule has 2 unspecified atom stereocenters. The molecule has 0 rings (SSSR count). The second-order valence-corrected chi connectivity index (χ2v) is 5.99. The van der Waals surface area contributed by atoms with Gasteiger partial charge in [-0.15, -0.1) is 0 Å². The fourth-order valence-corrected chi connectivity index (χ4v) is 2.58. The van der Waals surface area contributed by atoms with Gasteiger partial charge in [0.05, 0.1) is 12.1 Å². The van der Waals surface area contributed by atoms with E-state index in [2.05, 4.69) is 28.2 Å². The highest BCUT2D eigenvalue weighted by Gasteiger charge is 2.16. The van der Waals surface area contributed by atoms with E-state index < -0.39 is 0 Å². The summed E-state index contributed by atoms with van der Waals surface area (Å²) in [5.74, 6) is -0.258. The van der Waals surface area contributed by atoms with Crippen molar-refractivity contribution in [2.45, 2.75) is 64.5 Å². The largest absolute Gasteiger partial charge is 0.368 e. The highest BCUT2D eigenvalue weighted by molar-refractivity contribution is 5.81. The minimum absolute atomic E-state index is 0.0698. The number of likely N-dealkylation sites (N-methyl/N-ethyl adjacent to an activating group) is 2. The van der Waals surface area contributed by atoms with E-state index in [9.17, 15) is 9.59 Å². The third-order valence-corrected chi connectivity index (χ3v) is 4.02. The van der Waals surface area contributed by atoms with Gasteiger partial charge in [-0.1, -0.05) is 20.3 Å². The molecule has 0 saturated carbocycles. The number of hydrogen-bond acceptors (Lipinski definition) is 5. The minimum Gasteiger partial charge on any atom is -0.368 e. The van der Waals surface area contributed by atoms with Crippen molar-refractivity contribution in [2.24, 2.45) is 5.73 Å². The van der Waals surface area contributed by atoms with E-state index in [0.717, 1.165) is 51.7 Å². The summed E-state index contributed by atoms with van der Waals surface area (Å²) in [4.78, 5) is 23.3. The molecule has 7 nitrogen and oxygen atoms in total. The third-order valence-electron chi connectivity index (χ3n) is 4.02. The van der Waals surface area contributed by atoms with Crippen LogP contribution in [0.4, 0.5) is 0 Å². The number of nitrogens with two attached hydrogens (primary N) is 1. The average Bonchev–Trinajstić information content (AvgIpc) is 2.56. The molecule has 0 aliphatic rings. The second-order valence-electron chi connectivity index (χ2n) is 5.99. The SMILES string of the molecule is CCNCCCCC(NCC)C(=O)NCCCCC(NC)C(N)=O. The Hall–Kier alpha value is -1.18. The van der Waals surface area contributed by atoms with Crippen LogP contribution in [-0.4, -0.2) is 57.1 Å². The zero-order valence-electron chi connectivity index (χ0n) is 15.6. The summed E-state index contributed by atoms with van der Waals surface area (Å²) in [6.45, 7) is 7.52. The number of unbranched alkanes of at least 4 members (excludes halogenated alkanes) is 2. The average molecular weight is 344 g/mol. The first-order valence-electron chi connectivity index (χ1n) is 9.25. The fraction of sp³-hybridized carbons (Fsp3) is 0.882. The van der Waals surface area contributed by atoms with Crippen LogP contribution in [0.3, 0.4) is 0 Å². The van der Waals surface area contributed by atoms with Crippen LogP contribution >= 0.6 is 0 Å².